The summed E-state index contributed by atoms with van der Waals surface area (Å²) in [4.78, 5) is 30.9. The molecule has 2 amide bonds. The maximum atomic E-state index is 12.2. The summed E-state index contributed by atoms with van der Waals surface area (Å²) in [6.07, 6.45) is 6.11. The van der Waals surface area contributed by atoms with Crippen molar-refractivity contribution in [1.29, 1.82) is 0 Å². The van der Waals surface area contributed by atoms with Crippen molar-refractivity contribution in [1.82, 2.24) is 20.0 Å². The Hall–Kier alpha value is -1.14. The molecule has 0 aromatic carbocycles. The minimum atomic E-state index is -0.0305. The van der Waals surface area contributed by atoms with E-state index in [9.17, 15) is 9.59 Å². The van der Waals surface area contributed by atoms with Crippen LogP contribution >= 0.6 is 0 Å². The molecule has 2 atom stereocenters. The number of carbonyl (C=O) groups excluding carboxylic acids is 2. The van der Waals surface area contributed by atoms with Crippen molar-refractivity contribution in [3.05, 3.63) is 0 Å². The van der Waals surface area contributed by atoms with Crippen LogP contribution < -0.4 is 5.32 Å². The molecule has 0 aromatic heterocycles. The first-order valence-corrected chi connectivity index (χ1v) is 10.5. The van der Waals surface area contributed by atoms with Gasteiger partial charge in [-0.2, -0.15) is 0 Å². The number of nitrogens with zero attached hydrogens (tertiary/aromatic N) is 3. The van der Waals surface area contributed by atoms with E-state index in [4.69, 9.17) is 0 Å². The predicted molar refractivity (Wildman–Crippen MR) is 105 cm³/mol. The average Bonchev–Trinajstić information content (AvgIpc) is 3.08. The fourth-order valence-electron chi connectivity index (χ4n) is 4.08. The molecule has 150 valence electrons. The van der Waals surface area contributed by atoms with Crippen LogP contribution in [0.4, 0.5) is 0 Å². The quantitative estimate of drug-likeness (QED) is 0.673. The number of rotatable bonds is 9. The molecule has 0 spiro atoms. The number of hydrogen-bond acceptors (Lipinski definition) is 4. The topological polar surface area (TPSA) is 55.9 Å². The number of piperazine rings is 1. The monoisotopic (exact) mass is 366 g/mol. The molecular weight excluding hydrogens is 328 g/mol. The van der Waals surface area contributed by atoms with E-state index in [1.165, 1.54) is 25.7 Å². The van der Waals surface area contributed by atoms with Gasteiger partial charge in [-0.1, -0.05) is 33.6 Å². The van der Waals surface area contributed by atoms with Crippen LogP contribution in [-0.4, -0.2) is 84.9 Å². The number of amides is 2. The highest BCUT2D eigenvalue weighted by Gasteiger charge is 2.25. The van der Waals surface area contributed by atoms with Crippen molar-refractivity contribution in [2.45, 2.75) is 58.9 Å². The largest absolute Gasteiger partial charge is 0.346 e. The van der Waals surface area contributed by atoms with Gasteiger partial charge in [0.2, 0.25) is 11.8 Å². The third-order valence-corrected chi connectivity index (χ3v) is 5.87. The van der Waals surface area contributed by atoms with Crippen molar-refractivity contribution in [3.8, 4) is 0 Å². The summed E-state index contributed by atoms with van der Waals surface area (Å²) in [6.45, 7) is 12.8. The van der Waals surface area contributed by atoms with Gasteiger partial charge in [0.05, 0.1) is 13.1 Å². The minimum Gasteiger partial charge on any atom is -0.346 e. The van der Waals surface area contributed by atoms with E-state index in [0.717, 1.165) is 45.7 Å². The summed E-state index contributed by atoms with van der Waals surface area (Å²) >= 11 is 0. The lowest BCUT2D eigenvalue weighted by atomic mass is 10.0. The highest BCUT2D eigenvalue weighted by Crippen LogP contribution is 2.15. The molecule has 2 fully saturated rings. The minimum absolute atomic E-state index is 0.0305. The van der Waals surface area contributed by atoms with Gasteiger partial charge in [0.25, 0.3) is 0 Å². The zero-order valence-electron chi connectivity index (χ0n) is 17.0. The highest BCUT2D eigenvalue weighted by molar-refractivity contribution is 5.85. The van der Waals surface area contributed by atoms with Crippen molar-refractivity contribution in [2.75, 3.05) is 52.4 Å². The van der Waals surface area contributed by atoms with Crippen LogP contribution in [0.5, 0.6) is 0 Å². The second kappa shape index (κ2) is 10.9. The van der Waals surface area contributed by atoms with Gasteiger partial charge < -0.3 is 10.2 Å². The second-order valence-corrected chi connectivity index (χ2v) is 8.03. The van der Waals surface area contributed by atoms with Crippen molar-refractivity contribution in [2.24, 2.45) is 5.92 Å². The smallest absolute Gasteiger partial charge is 0.241 e. The van der Waals surface area contributed by atoms with E-state index in [0.29, 0.717) is 18.5 Å². The molecule has 0 aliphatic carbocycles. The molecular formula is C20H38N4O2. The van der Waals surface area contributed by atoms with Gasteiger partial charge in [-0.3, -0.25) is 19.4 Å². The molecule has 2 aliphatic heterocycles. The van der Waals surface area contributed by atoms with Gasteiger partial charge in [-0.05, 0) is 25.2 Å². The second-order valence-electron chi connectivity index (χ2n) is 8.03. The Balaban J connectivity index is 1.63. The number of nitrogens with one attached hydrogen (secondary N) is 1. The average molecular weight is 367 g/mol. The lowest BCUT2D eigenvalue weighted by Gasteiger charge is -2.39. The molecule has 6 heteroatoms. The Morgan fingerprint density at radius 3 is 2.42 bits per heavy atom. The van der Waals surface area contributed by atoms with Crippen LogP contribution in [0.2, 0.25) is 0 Å². The highest BCUT2D eigenvalue weighted by atomic mass is 16.2. The molecule has 6 nitrogen and oxygen atoms in total. The van der Waals surface area contributed by atoms with Gasteiger partial charge in [0.1, 0.15) is 0 Å². The van der Waals surface area contributed by atoms with Gasteiger partial charge >= 0.3 is 0 Å². The molecule has 26 heavy (non-hydrogen) atoms. The molecule has 2 rings (SSSR count). The van der Waals surface area contributed by atoms with E-state index in [2.05, 4.69) is 35.9 Å². The van der Waals surface area contributed by atoms with Crippen LogP contribution in [0.25, 0.3) is 0 Å². The van der Waals surface area contributed by atoms with Crippen LogP contribution in [0.15, 0.2) is 0 Å². The lowest BCUT2D eigenvalue weighted by Crippen LogP contribution is -2.52. The molecule has 2 saturated heterocycles. The Kier molecular flexibility index (Phi) is 8.85. The maximum Gasteiger partial charge on any atom is 0.241 e. The number of carbonyl (C=O) groups is 2. The first-order valence-electron chi connectivity index (χ1n) is 10.5. The summed E-state index contributed by atoms with van der Waals surface area (Å²) in [5.74, 6) is 0.599. The van der Waals surface area contributed by atoms with Crippen LogP contribution in [0.1, 0.15) is 52.9 Å². The summed E-state index contributed by atoms with van der Waals surface area (Å²) in [6, 6.07) is 0.686. The molecule has 2 heterocycles. The number of likely N-dealkylation sites (tertiary alicyclic amines) is 1. The van der Waals surface area contributed by atoms with E-state index < -0.39 is 0 Å². The molecule has 1 N–H and O–H groups in total. The molecule has 0 bridgehead atoms. The van der Waals surface area contributed by atoms with Crippen LogP contribution in [0, 0.1) is 5.92 Å². The Morgan fingerprint density at radius 1 is 1.12 bits per heavy atom. The van der Waals surface area contributed by atoms with Gasteiger partial charge in [0.15, 0.2) is 0 Å². The molecule has 0 radical (unpaired) electrons. The predicted octanol–water partition coefficient (Wildman–Crippen LogP) is 1.56. The molecule has 0 aromatic rings. The van der Waals surface area contributed by atoms with Gasteiger partial charge in [-0.25, -0.2) is 0 Å². The van der Waals surface area contributed by atoms with E-state index in [-0.39, 0.29) is 18.4 Å². The number of unbranched alkanes of at least 4 members (excludes halogenated alkanes) is 1. The van der Waals surface area contributed by atoms with Crippen molar-refractivity contribution >= 4 is 11.8 Å². The zero-order valence-corrected chi connectivity index (χ0v) is 17.0. The summed E-state index contributed by atoms with van der Waals surface area (Å²) in [7, 11) is 0. The Morgan fingerprint density at radius 2 is 1.85 bits per heavy atom. The van der Waals surface area contributed by atoms with E-state index in [1.54, 1.807) is 0 Å². The molecule has 2 aliphatic rings. The van der Waals surface area contributed by atoms with E-state index >= 15 is 0 Å². The van der Waals surface area contributed by atoms with Crippen LogP contribution in [-0.2, 0) is 9.59 Å². The third-order valence-electron chi connectivity index (χ3n) is 5.87. The zero-order chi connectivity index (χ0) is 18.9. The summed E-state index contributed by atoms with van der Waals surface area (Å²) in [5, 5.41) is 2.81. The molecule has 2 unspecified atom stereocenters. The fraction of sp³-hybridized carbons (Fsp3) is 0.900. The Bertz CT molecular complexity index is 449. The van der Waals surface area contributed by atoms with Crippen molar-refractivity contribution in [3.63, 3.8) is 0 Å². The third kappa shape index (κ3) is 6.54. The fourth-order valence-corrected chi connectivity index (χ4v) is 4.08. The standard InChI is InChI=1S/C20H38N4O2/c1-4-6-7-18(5-2)23-12-10-22(11-13-23)16-19(25)21-14-20(26)24-9-8-17(3)15-24/h17-18H,4-16H2,1-3H3,(H,21,25). The Labute approximate surface area is 159 Å². The first-order chi connectivity index (χ1) is 12.5. The lowest BCUT2D eigenvalue weighted by molar-refractivity contribution is -0.132. The molecule has 0 saturated carbocycles. The van der Waals surface area contributed by atoms with Gasteiger partial charge in [0, 0.05) is 45.3 Å². The SMILES string of the molecule is CCCCC(CC)N1CCN(CC(=O)NCC(=O)N2CCC(C)C2)CC1. The summed E-state index contributed by atoms with van der Waals surface area (Å²) in [5.41, 5.74) is 0. The van der Waals surface area contributed by atoms with Gasteiger partial charge in [-0.15, -0.1) is 0 Å². The van der Waals surface area contributed by atoms with Crippen LogP contribution in [0.3, 0.4) is 0 Å². The maximum absolute atomic E-state index is 12.2. The first kappa shape index (κ1) is 21.2. The number of hydrogen-bond donors (Lipinski definition) is 1. The van der Waals surface area contributed by atoms with Crippen molar-refractivity contribution < 1.29 is 9.59 Å². The summed E-state index contributed by atoms with van der Waals surface area (Å²) < 4.78 is 0. The van der Waals surface area contributed by atoms with E-state index in [1.807, 2.05) is 4.90 Å². The normalized spacial score (nSPS) is 23.2.